The number of methoxy groups -OCH3 is 1. The van der Waals surface area contributed by atoms with E-state index in [9.17, 15) is 9.59 Å². The Hall–Kier alpha value is -4.35. The second kappa shape index (κ2) is 12.0. The number of rotatable bonds is 7. The van der Waals surface area contributed by atoms with E-state index in [-0.39, 0.29) is 17.9 Å². The first-order valence-electron chi connectivity index (χ1n) is 16.3. The van der Waals surface area contributed by atoms with E-state index in [2.05, 4.69) is 32.0 Å². The van der Waals surface area contributed by atoms with Crippen LogP contribution in [0.25, 0.3) is 33.4 Å². The number of hydrogen-bond donors (Lipinski definition) is 2. The number of nitrogens with one attached hydrogen (secondary N) is 2. The summed E-state index contributed by atoms with van der Waals surface area (Å²) in [4.78, 5) is 37.8. The summed E-state index contributed by atoms with van der Waals surface area (Å²) in [6, 6.07) is 14.3. The van der Waals surface area contributed by atoms with E-state index >= 15 is 4.39 Å². The second-order valence-corrected chi connectivity index (χ2v) is 14.7. The van der Waals surface area contributed by atoms with Gasteiger partial charge in [-0.25, -0.2) is 14.2 Å². The summed E-state index contributed by atoms with van der Waals surface area (Å²) in [5.41, 5.74) is 3.25. The van der Waals surface area contributed by atoms with Gasteiger partial charge in [0, 0.05) is 27.4 Å². The lowest BCUT2D eigenvalue weighted by Gasteiger charge is -2.30. The zero-order valence-corrected chi connectivity index (χ0v) is 28.3. The number of nitrogens with zero attached hydrogens (tertiary/aromatic N) is 3. The van der Waals surface area contributed by atoms with Crippen LogP contribution in [-0.4, -0.2) is 51.1 Å². The van der Waals surface area contributed by atoms with E-state index < -0.39 is 24.2 Å². The number of imidazole rings is 1. The molecule has 3 aromatic heterocycles. The molecule has 8 rings (SSSR count). The first-order valence-corrected chi connectivity index (χ1v) is 17.5. The molecule has 5 heterocycles. The molecule has 2 fully saturated rings. The number of amides is 2. The molecule has 0 spiro atoms. The van der Waals surface area contributed by atoms with Crippen molar-refractivity contribution in [3.63, 3.8) is 0 Å². The maximum absolute atomic E-state index is 16.3. The van der Waals surface area contributed by atoms with E-state index in [1.807, 2.05) is 44.2 Å². The Bertz CT molecular complexity index is 2070. The van der Waals surface area contributed by atoms with Crippen molar-refractivity contribution in [2.45, 2.75) is 63.8 Å². The minimum absolute atomic E-state index is 0.141. The highest BCUT2D eigenvalue weighted by atomic mass is 35.5. The van der Waals surface area contributed by atoms with E-state index in [1.165, 1.54) is 30.9 Å². The standard InChI is InChI=1S/C36H35ClFN5O4S/c1-18(2)32(41-36(45)46-3)34(44)42-12-4-5-26(42)33-39-17-24(40-33)20-14-23(38)31-27-15-21-13-22(37)8-9-25(21)43(27)35(47-28(31)16-20)30-11-10-29(48-30)19-6-7-19/h8-11,13-19,26,32,35H,4-7,12H2,1-3H3,(H,39,40)(H,41,45)/t26-,32?,35?/m0/s1. The molecule has 2 N–H and O–H groups in total. The van der Waals surface area contributed by atoms with Gasteiger partial charge >= 0.3 is 6.09 Å². The van der Waals surface area contributed by atoms with E-state index in [1.54, 1.807) is 22.4 Å². The second-order valence-electron chi connectivity index (χ2n) is 13.1. The van der Waals surface area contributed by atoms with Crippen LogP contribution < -0.4 is 10.1 Å². The summed E-state index contributed by atoms with van der Waals surface area (Å²) in [6.45, 7) is 4.30. The fourth-order valence-electron chi connectivity index (χ4n) is 7.02. The molecular weight excluding hydrogens is 653 g/mol. The Morgan fingerprint density at radius 1 is 1.12 bits per heavy atom. The van der Waals surface area contributed by atoms with Crippen molar-refractivity contribution in [2.75, 3.05) is 13.7 Å². The van der Waals surface area contributed by atoms with Crippen LogP contribution in [-0.2, 0) is 9.53 Å². The number of thiophene rings is 1. The number of carbonyl (C=O) groups is 2. The van der Waals surface area contributed by atoms with Gasteiger partial charge in [0.15, 0.2) is 0 Å². The topological polar surface area (TPSA) is 101 Å². The van der Waals surface area contributed by atoms with Gasteiger partial charge in [-0.15, -0.1) is 11.3 Å². The first kappa shape index (κ1) is 31.0. The third-order valence-corrected chi connectivity index (χ3v) is 11.1. The van der Waals surface area contributed by atoms with Crippen molar-refractivity contribution >= 4 is 45.8 Å². The van der Waals surface area contributed by atoms with Crippen molar-refractivity contribution in [3.8, 4) is 28.3 Å². The van der Waals surface area contributed by atoms with Crippen LogP contribution in [0.2, 0.25) is 5.02 Å². The van der Waals surface area contributed by atoms with Gasteiger partial charge in [-0.3, -0.25) is 9.36 Å². The van der Waals surface area contributed by atoms with Crippen LogP contribution in [0, 0.1) is 11.7 Å². The molecule has 248 valence electrons. The van der Waals surface area contributed by atoms with Gasteiger partial charge in [0.2, 0.25) is 12.1 Å². The maximum atomic E-state index is 16.3. The summed E-state index contributed by atoms with van der Waals surface area (Å²) in [5.74, 6) is 0.923. The highest BCUT2D eigenvalue weighted by molar-refractivity contribution is 7.12. The molecule has 12 heteroatoms. The molecule has 3 atom stereocenters. The smallest absolute Gasteiger partial charge is 0.407 e. The number of alkyl carbamates (subject to hydrolysis) is 1. The van der Waals surface area contributed by atoms with Crippen molar-refractivity contribution in [1.82, 2.24) is 24.8 Å². The number of H-pyrrole nitrogens is 1. The Morgan fingerprint density at radius 3 is 2.71 bits per heavy atom. The van der Waals surface area contributed by atoms with E-state index in [0.29, 0.717) is 52.3 Å². The van der Waals surface area contributed by atoms with Crippen molar-refractivity contribution in [1.29, 1.82) is 0 Å². The fraction of sp³-hybridized carbons (Fsp3) is 0.361. The van der Waals surface area contributed by atoms with E-state index in [4.69, 9.17) is 21.1 Å². The van der Waals surface area contributed by atoms with Crippen molar-refractivity contribution in [2.24, 2.45) is 5.92 Å². The molecule has 1 saturated heterocycles. The number of halogens is 2. The Labute approximate surface area is 286 Å². The molecule has 2 aromatic carbocycles. The zero-order valence-electron chi connectivity index (χ0n) is 26.8. The van der Waals surface area contributed by atoms with Crippen molar-refractivity contribution < 1.29 is 23.5 Å². The number of hydrogen-bond acceptors (Lipinski definition) is 6. The average molecular weight is 688 g/mol. The Kier molecular flexibility index (Phi) is 7.71. The number of ether oxygens (including phenoxy) is 2. The third kappa shape index (κ3) is 5.33. The molecule has 2 unspecified atom stereocenters. The molecule has 3 aliphatic rings. The number of fused-ring (bicyclic) bond motifs is 5. The number of likely N-dealkylation sites (tertiary alicyclic amines) is 1. The fourth-order valence-corrected chi connectivity index (χ4v) is 8.40. The van der Waals surface area contributed by atoms with Crippen LogP contribution in [0.15, 0.2) is 54.7 Å². The molecule has 48 heavy (non-hydrogen) atoms. The third-order valence-electron chi connectivity index (χ3n) is 9.60. The zero-order chi connectivity index (χ0) is 33.3. The molecule has 2 amide bonds. The monoisotopic (exact) mass is 687 g/mol. The van der Waals surface area contributed by atoms with Crippen LogP contribution in [0.1, 0.15) is 73.3 Å². The SMILES string of the molecule is COC(=O)NC(C(=O)N1CCC[C@H]1c1ncc(-c2cc(F)c3c(c2)OC(c2ccc(C4CC4)s2)n2c-3cc3cc(Cl)ccc32)[nH]1)C(C)C. The summed E-state index contributed by atoms with van der Waals surface area (Å²) in [5, 5.41) is 4.21. The average Bonchev–Trinajstić information content (AvgIpc) is 3.47. The lowest BCUT2D eigenvalue weighted by atomic mass is 10.0. The minimum atomic E-state index is -0.734. The Balaban J connectivity index is 1.14. The van der Waals surface area contributed by atoms with Crippen LogP contribution in [0.5, 0.6) is 5.75 Å². The summed E-state index contributed by atoms with van der Waals surface area (Å²) in [6.07, 6.45) is 4.47. The van der Waals surface area contributed by atoms with Crippen LogP contribution >= 0.6 is 22.9 Å². The minimum Gasteiger partial charge on any atom is -0.464 e. The summed E-state index contributed by atoms with van der Waals surface area (Å²) in [7, 11) is 1.28. The number of aromatic nitrogens is 3. The molecule has 0 radical (unpaired) electrons. The quantitative estimate of drug-likeness (QED) is 0.179. The van der Waals surface area contributed by atoms with Gasteiger partial charge in [-0.1, -0.05) is 25.4 Å². The molecule has 5 aromatic rings. The molecule has 9 nitrogen and oxygen atoms in total. The van der Waals surface area contributed by atoms with Gasteiger partial charge in [-0.05, 0) is 86.1 Å². The number of benzene rings is 2. The van der Waals surface area contributed by atoms with Crippen molar-refractivity contribution in [3.05, 3.63) is 81.1 Å². The largest absolute Gasteiger partial charge is 0.464 e. The summed E-state index contributed by atoms with van der Waals surface area (Å²) >= 11 is 8.12. The number of aromatic amines is 1. The lowest BCUT2D eigenvalue weighted by molar-refractivity contribution is -0.135. The maximum Gasteiger partial charge on any atom is 0.407 e. The summed E-state index contributed by atoms with van der Waals surface area (Å²) < 4.78 is 29.8. The highest BCUT2D eigenvalue weighted by Gasteiger charge is 2.38. The molecule has 2 aliphatic heterocycles. The van der Waals surface area contributed by atoms with Gasteiger partial charge in [0.05, 0.1) is 46.7 Å². The predicted molar refractivity (Wildman–Crippen MR) is 183 cm³/mol. The van der Waals surface area contributed by atoms with Gasteiger partial charge in [-0.2, -0.15) is 0 Å². The van der Waals surface area contributed by atoms with Crippen LogP contribution in [0.4, 0.5) is 9.18 Å². The highest BCUT2D eigenvalue weighted by Crippen LogP contribution is 2.50. The first-order chi connectivity index (χ1) is 23.2. The molecule has 0 bridgehead atoms. The lowest BCUT2D eigenvalue weighted by Crippen LogP contribution is -2.51. The predicted octanol–water partition coefficient (Wildman–Crippen LogP) is 8.41. The Morgan fingerprint density at radius 2 is 1.94 bits per heavy atom. The van der Waals surface area contributed by atoms with Gasteiger partial charge in [0.1, 0.15) is 23.4 Å². The molecule has 1 saturated carbocycles. The van der Waals surface area contributed by atoms with Gasteiger partial charge in [0.25, 0.3) is 0 Å². The number of carbonyl (C=O) groups excluding carboxylic acids is 2. The normalized spacial score (nSPS) is 19.2. The van der Waals surface area contributed by atoms with E-state index in [0.717, 1.165) is 27.9 Å². The van der Waals surface area contributed by atoms with Gasteiger partial charge < -0.3 is 24.7 Å². The van der Waals surface area contributed by atoms with Crippen LogP contribution in [0.3, 0.4) is 0 Å². The molecular formula is C36H35ClFN5O4S. The molecule has 1 aliphatic carbocycles.